The predicted molar refractivity (Wildman–Crippen MR) is 105 cm³/mol. The number of fused-ring (bicyclic) bond motifs is 2. The maximum Gasteiger partial charge on any atom is 0.522 e. The monoisotopic (exact) mass is 454 g/mol. The van der Waals surface area contributed by atoms with Crippen LogP contribution in [-0.4, -0.2) is 55.1 Å². The minimum absolute atomic E-state index is 0.00846. The summed E-state index contributed by atoms with van der Waals surface area (Å²) in [5.41, 5.74) is 1.25. The number of carbonyl (C=O) groups excluding carboxylic acids is 1. The van der Waals surface area contributed by atoms with Gasteiger partial charge in [-0.1, -0.05) is 12.1 Å². The maximum atomic E-state index is 13.2. The molecular formula is C22H22F4N2O4. The minimum atomic E-state index is -4.73. The quantitative estimate of drug-likeness (QED) is 0.466. The van der Waals surface area contributed by atoms with Crippen LogP contribution in [0.4, 0.5) is 17.6 Å². The van der Waals surface area contributed by atoms with Gasteiger partial charge in [0.1, 0.15) is 18.1 Å². The number of amides is 1. The molecule has 0 radical (unpaired) electrons. The number of aromatic nitrogens is 1. The Kier molecular flexibility index (Phi) is 5.98. The summed E-state index contributed by atoms with van der Waals surface area (Å²) in [6, 6.07) is 9.53. The van der Waals surface area contributed by atoms with Crippen LogP contribution in [0.2, 0.25) is 0 Å². The molecule has 3 aliphatic rings. The molecule has 1 saturated carbocycles. The van der Waals surface area contributed by atoms with Crippen LogP contribution in [-0.2, 0) is 10.2 Å². The van der Waals surface area contributed by atoms with E-state index < -0.39 is 13.0 Å². The van der Waals surface area contributed by atoms with Crippen molar-refractivity contribution >= 4 is 5.91 Å². The Morgan fingerprint density at radius 3 is 2.47 bits per heavy atom. The lowest BCUT2D eigenvalue weighted by molar-refractivity contribution is -0.325. The Morgan fingerprint density at radius 2 is 1.88 bits per heavy atom. The minimum Gasteiger partial charge on any atom is -0.486 e. The zero-order valence-corrected chi connectivity index (χ0v) is 17.3. The van der Waals surface area contributed by atoms with Crippen molar-refractivity contribution in [2.45, 2.75) is 37.1 Å². The highest BCUT2D eigenvalue weighted by Crippen LogP contribution is 2.52. The normalized spacial score (nSPS) is 22.3. The summed E-state index contributed by atoms with van der Waals surface area (Å²) in [5, 5.41) is 0. The molecule has 1 aromatic heterocycles. The molecule has 32 heavy (non-hydrogen) atoms. The fourth-order valence-corrected chi connectivity index (χ4v) is 4.49. The van der Waals surface area contributed by atoms with Gasteiger partial charge in [0, 0.05) is 18.0 Å². The lowest BCUT2D eigenvalue weighted by atomic mass is 9.57. The molecular weight excluding hydrogens is 432 g/mol. The summed E-state index contributed by atoms with van der Waals surface area (Å²) >= 11 is 0. The first kappa shape index (κ1) is 22.3. The second-order valence-corrected chi connectivity index (χ2v) is 7.94. The fraction of sp³-hybridized carbons (Fsp3) is 0.455. The SMILES string of the molecule is COc1nc(C(=O)N2CCC3(c4ccc(F)cc4)CC2C3)ccc1OCCOC(F)(F)F. The third-order valence-electron chi connectivity index (χ3n) is 6.09. The van der Waals surface area contributed by atoms with E-state index in [0.29, 0.717) is 6.54 Å². The first-order valence-electron chi connectivity index (χ1n) is 10.2. The Balaban J connectivity index is 1.38. The number of hydrogen-bond donors (Lipinski definition) is 0. The number of halogens is 4. The second-order valence-electron chi connectivity index (χ2n) is 7.94. The molecule has 1 aliphatic carbocycles. The summed E-state index contributed by atoms with van der Waals surface area (Å²) in [4.78, 5) is 19.0. The smallest absolute Gasteiger partial charge is 0.486 e. The van der Waals surface area contributed by atoms with Crippen molar-refractivity contribution in [1.82, 2.24) is 9.88 Å². The van der Waals surface area contributed by atoms with Crippen LogP contribution in [0.15, 0.2) is 36.4 Å². The highest BCUT2D eigenvalue weighted by atomic mass is 19.4. The molecule has 0 unspecified atom stereocenters. The van der Waals surface area contributed by atoms with Crippen LogP contribution in [0.5, 0.6) is 11.6 Å². The lowest BCUT2D eigenvalue weighted by Gasteiger charge is -2.57. The summed E-state index contributed by atoms with van der Waals surface area (Å²) < 4.78 is 63.4. The number of piperidine rings is 2. The van der Waals surface area contributed by atoms with Crippen LogP contribution in [0.3, 0.4) is 0 Å². The number of nitrogens with zero attached hydrogens (tertiary/aromatic N) is 2. The van der Waals surface area contributed by atoms with Crippen LogP contribution >= 0.6 is 0 Å². The van der Waals surface area contributed by atoms with E-state index >= 15 is 0 Å². The average molecular weight is 454 g/mol. The third-order valence-corrected chi connectivity index (χ3v) is 6.09. The summed E-state index contributed by atoms with van der Waals surface area (Å²) in [6.45, 7) is -0.485. The van der Waals surface area contributed by atoms with E-state index in [1.165, 1.54) is 31.4 Å². The van der Waals surface area contributed by atoms with Gasteiger partial charge in [-0.25, -0.2) is 9.37 Å². The zero-order chi connectivity index (χ0) is 22.9. The van der Waals surface area contributed by atoms with Crippen molar-refractivity contribution in [1.29, 1.82) is 0 Å². The van der Waals surface area contributed by atoms with Crippen molar-refractivity contribution < 1.29 is 36.6 Å². The lowest BCUT2D eigenvalue weighted by Crippen LogP contribution is -2.61. The molecule has 1 amide bonds. The number of ether oxygens (including phenoxy) is 3. The molecule has 3 fully saturated rings. The largest absolute Gasteiger partial charge is 0.522 e. The molecule has 2 aliphatic heterocycles. The topological polar surface area (TPSA) is 60.9 Å². The fourth-order valence-electron chi connectivity index (χ4n) is 4.49. The van der Waals surface area contributed by atoms with E-state index in [4.69, 9.17) is 9.47 Å². The number of benzene rings is 1. The van der Waals surface area contributed by atoms with E-state index in [9.17, 15) is 22.4 Å². The molecule has 2 aromatic rings. The van der Waals surface area contributed by atoms with Gasteiger partial charge in [-0.15, -0.1) is 13.2 Å². The Bertz CT molecular complexity index is 969. The Hall–Kier alpha value is -2.88. The van der Waals surface area contributed by atoms with E-state index in [1.807, 2.05) is 12.1 Å². The van der Waals surface area contributed by atoms with Crippen LogP contribution in [0, 0.1) is 5.82 Å². The molecule has 6 nitrogen and oxygen atoms in total. The molecule has 3 heterocycles. The van der Waals surface area contributed by atoms with Gasteiger partial charge in [-0.05, 0) is 49.1 Å². The Morgan fingerprint density at radius 1 is 1.16 bits per heavy atom. The number of rotatable bonds is 7. The molecule has 2 bridgehead atoms. The van der Waals surface area contributed by atoms with Crippen molar-refractivity contribution in [3.8, 4) is 11.6 Å². The van der Waals surface area contributed by atoms with Crippen molar-refractivity contribution in [2.24, 2.45) is 0 Å². The first-order chi connectivity index (χ1) is 15.2. The maximum absolute atomic E-state index is 13.2. The van der Waals surface area contributed by atoms with Crippen molar-refractivity contribution in [3.05, 3.63) is 53.5 Å². The molecule has 10 heteroatoms. The summed E-state index contributed by atoms with van der Waals surface area (Å²) in [5.74, 6) is -0.386. The van der Waals surface area contributed by atoms with Gasteiger partial charge in [-0.2, -0.15) is 0 Å². The zero-order valence-electron chi connectivity index (χ0n) is 17.3. The molecule has 172 valence electrons. The summed E-state index contributed by atoms with van der Waals surface area (Å²) in [6.07, 6.45) is -2.34. The first-order valence-corrected chi connectivity index (χ1v) is 10.2. The van der Waals surface area contributed by atoms with Gasteiger partial charge in [0.05, 0.1) is 13.7 Å². The van der Waals surface area contributed by atoms with Crippen LogP contribution < -0.4 is 9.47 Å². The third kappa shape index (κ3) is 4.50. The van der Waals surface area contributed by atoms with E-state index in [2.05, 4.69) is 9.72 Å². The van der Waals surface area contributed by atoms with Crippen LogP contribution in [0.1, 0.15) is 35.3 Å². The van der Waals surface area contributed by atoms with Crippen molar-refractivity contribution in [2.75, 3.05) is 26.9 Å². The van der Waals surface area contributed by atoms with E-state index in [1.54, 1.807) is 4.90 Å². The highest BCUT2D eigenvalue weighted by Gasteiger charge is 2.52. The molecule has 0 spiro atoms. The van der Waals surface area contributed by atoms with Crippen molar-refractivity contribution in [3.63, 3.8) is 0 Å². The molecule has 5 rings (SSSR count). The standard InChI is InChI=1S/C22H22F4N2O4/c1-30-19-18(31-10-11-32-22(24,25)26)7-6-17(27-19)20(29)28-9-8-21(12-16(28)13-21)14-2-4-15(23)5-3-14/h2-7,16H,8-13H2,1H3. The molecule has 2 saturated heterocycles. The number of carbonyl (C=O) groups is 1. The van der Waals surface area contributed by atoms with Gasteiger partial charge in [0.25, 0.3) is 11.8 Å². The molecule has 0 atom stereocenters. The molecule has 1 aromatic carbocycles. The van der Waals surface area contributed by atoms with E-state index in [0.717, 1.165) is 24.8 Å². The summed E-state index contributed by atoms with van der Waals surface area (Å²) in [7, 11) is 1.33. The predicted octanol–water partition coefficient (Wildman–Crippen LogP) is 4.09. The van der Waals surface area contributed by atoms with Gasteiger partial charge >= 0.3 is 6.36 Å². The number of methoxy groups -OCH3 is 1. The van der Waals surface area contributed by atoms with Gasteiger partial charge in [0.15, 0.2) is 5.75 Å². The number of alkyl halides is 3. The van der Waals surface area contributed by atoms with Gasteiger partial charge in [-0.3, -0.25) is 9.53 Å². The second kappa shape index (κ2) is 8.57. The Labute approximate surface area is 182 Å². The van der Waals surface area contributed by atoms with E-state index in [-0.39, 0.29) is 47.1 Å². The van der Waals surface area contributed by atoms with Crippen LogP contribution in [0.25, 0.3) is 0 Å². The number of hydrogen-bond acceptors (Lipinski definition) is 5. The van der Waals surface area contributed by atoms with Gasteiger partial charge in [0.2, 0.25) is 0 Å². The highest BCUT2D eigenvalue weighted by molar-refractivity contribution is 5.93. The number of pyridine rings is 1. The average Bonchev–Trinajstić information content (AvgIpc) is 2.75. The van der Waals surface area contributed by atoms with Gasteiger partial charge < -0.3 is 14.4 Å². The molecule has 0 N–H and O–H groups in total.